The molecular formula is C16H14N2O4S. The molecule has 0 aliphatic rings. The molecule has 2 aromatic carbocycles. The van der Waals surface area contributed by atoms with E-state index in [4.69, 9.17) is 10.00 Å². The number of ether oxygens (including phenoxy) is 1. The molecule has 0 aromatic heterocycles. The maximum Gasteiger partial charge on any atom is 0.272 e. The molecule has 0 atom stereocenters. The highest BCUT2D eigenvalue weighted by atomic mass is 32.2. The molecule has 0 bridgehead atoms. The zero-order valence-electron chi connectivity index (χ0n) is 12.2. The molecule has 2 aromatic rings. The first-order valence-electron chi connectivity index (χ1n) is 6.52. The molecule has 0 heterocycles. The molecule has 6 nitrogen and oxygen atoms in total. The third-order valence-electron chi connectivity index (χ3n) is 2.93. The second-order valence-electron chi connectivity index (χ2n) is 4.55. The van der Waals surface area contributed by atoms with Crippen LogP contribution in [0.3, 0.4) is 0 Å². The van der Waals surface area contributed by atoms with E-state index in [9.17, 15) is 13.5 Å². The number of methoxy groups -OCH3 is 1. The molecule has 0 saturated heterocycles. The Kier molecular flexibility index (Phi) is 4.88. The van der Waals surface area contributed by atoms with Gasteiger partial charge in [0, 0.05) is 5.69 Å². The minimum atomic E-state index is -4.01. The molecule has 2 N–H and O–H groups in total. The number of nitriles is 1. The Bertz CT molecular complexity index is 848. The van der Waals surface area contributed by atoms with Crippen LogP contribution in [0.4, 0.5) is 5.69 Å². The predicted octanol–water partition coefficient (Wildman–Crippen LogP) is 2.71. The molecule has 0 aliphatic carbocycles. The van der Waals surface area contributed by atoms with Crippen LogP contribution in [-0.4, -0.2) is 20.6 Å². The van der Waals surface area contributed by atoms with E-state index >= 15 is 0 Å². The third-order valence-corrected chi connectivity index (χ3v) is 4.23. The smallest absolute Gasteiger partial charge is 0.272 e. The van der Waals surface area contributed by atoms with E-state index in [1.165, 1.54) is 49.6 Å². The Morgan fingerprint density at radius 3 is 2.30 bits per heavy atom. The van der Waals surface area contributed by atoms with Crippen LogP contribution in [0.2, 0.25) is 0 Å². The lowest BCUT2D eigenvalue weighted by atomic mass is 10.2. The van der Waals surface area contributed by atoms with Gasteiger partial charge in [0.2, 0.25) is 0 Å². The fraction of sp³-hybridized carbons (Fsp3) is 0.0625. The number of hydrogen-bond donors (Lipinski definition) is 2. The van der Waals surface area contributed by atoms with E-state index in [0.717, 1.165) is 0 Å². The van der Waals surface area contributed by atoms with Gasteiger partial charge in [0.1, 0.15) is 17.6 Å². The summed E-state index contributed by atoms with van der Waals surface area (Å²) in [7, 11) is -2.50. The van der Waals surface area contributed by atoms with E-state index in [2.05, 4.69) is 4.72 Å². The van der Waals surface area contributed by atoms with Gasteiger partial charge < -0.3 is 9.84 Å². The van der Waals surface area contributed by atoms with Crippen molar-refractivity contribution < 1.29 is 18.3 Å². The highest BCUT2D eigenvalue weighted by molar-refractivity contribution is 7.96. The topological polar surface area (TPSA) is 99.4 Å². The number of rotatable bonds is 5. The maximum absolute atomic E-state index is 12.3. The monoisotopic (exact) mass is 330 g/mol. The molecule has 7 heteroatoms. The summed E-state index contributed by atoms with van der Waals surface area (Å²) in [5.74, 6) is 0.646. The molecule has 0 radical (unpaired) electrons. The molecule has 0 saturated carbocycles. The summed E-state index contributed by atoms with van der Waals surface area (Å²) >= 11 is 0. The highest BCUT2D eigenvalue weighted by Gasteiger charge is 2.17. The van der Waals surface area contributed by atoms with Gasteiger partial charge in [-0.3, -0.25) is 4.72 Å². The van der Waals surface area contributed by atoms with Gasteiger partial charge in [-0.2, -0.15) is 5.26 Å². The second-order valence-corrected chi connectivity index (χ2v) is 6.20. The largest absolute Gasteiger partial charge is 0.508 e. The van der Waals surface area contributed by atoms with Crippen molar-refractivity contribution in [1.29, 1.82) is 5.26 Å². The van der Waals surface area contributed by atoms with Crippen molar-refractivity contribution in [2.45, 2.75) is 0 Å². The Morgan fingerprint density at radius 1 is 1.17 bits per heavy atom. The van der Waals surface area contributed by atoms with Crippen LogP contribution in [-0.2, 0) is 10.0 Å². The highest BCUT2D eigenvalue weighted by Crippen LogP contribution is 2.20. The average molecular weight is 330 g/mol. The summed E-state index contributed by atoms with van der Waals surface area (Å²) in [5.41, 5.74) is 0.803. The van der Waals surface area contributed by atoms with E-state index < -0.39 is 14.9 Å². The molecule has 118 valence electrons. The fourth-order valence-corrected chi connectivity index (χ4v) is 2.73. The number of sulfonamides is 1. The van der Waals surface area contributed by atoms with Gasteiger partial charge in [-0.1, -0.05) is 12.1 Å². The van der Waals surface area contributed by atoms with Crippen molar-refractivity contribution in [3.05, 3.63) is 59.0 Å². The zero-order valence-corrected chi connectivity index (χ0v) is 13.0. The molecule has 0 amide bonds. The minimum Gasteiger partial charge on any atom is -0.508 e. The van der Waals surface area contributed by atoms with Crippen molar-refractivity contribution in [1.82, 2.24) is 0 Å². The van der Waals surface area contributed by atoms with E-state index in [1.54, 1.807) is 18.2 Å². The number of anilines is 1. The zero-order chi connectivity index (χ0) is 16.9. The summed E-state index contributed by atoms with van der Waals surface area (Å²) in [4.78, 5) is -0.431. The SMILES string of the molecule is COc1ccc(NS(=O)(=O)/C(C#N)=C/c2ccc(O)cc2)cc1. The van der Waals surface area contributed by atoms with Gasteiger partial charge in [-0.25, -0.2) is 8.42 Å². The van der Waals surface area contributed by atoms with Crippen molar-refractivity contribution in [2.75, 3.05) is 11.8 Å². The van der Waals surface area contributed by atoms with Gasteiger partial charge in [-0.15, -0.1) is 0 Å². The van der Waals surface area contributed by atoms with E-state index in [1.807, 2.05) is 0 Å². The van der Waals surface area contributed by atoms with Gasteiger partial charge in [0.05, 0.1) is 7.11 Å². The predicted molar refractivity (Wildman–Crippen MR) is 87.2 cm³/mol. The molecule has 0 fully saturated rings. The Morgan fingerprint density at radius 2 is 1.78 bits per heavy atom. The van der Waals surface area contributed by atoms with Crippen LogP contribution in [0.1, 0.15) is 5.56 Å². The molecule has 23 heavy (non-hydrogen) atoms. The van der Waals surface area contributed by atoms with Gasteiger partial charge >= 0.3 is 0 Å². The van der Waals surface area contributed by atoms with Crippen LogP contribution < -0.4 is 9.46 Å². The lowest BCUT2D eigenvalue weighted by Gasteiger charge is -2.08. The molecule has 0 aliphatic heterocycles. The van der Waals surface area contributed by atoms with Crippen LogP contribution in [0.5, 0.6) is 11.5 Å². The summed E-state index contributed by atoms with van der Waals surface area (Å²) in [5, 5.41) is 18.3. The van der Waals surface area contributed by atoms with Crippen LogP contribution >= 0.6 is 0 Å². The molecule has 0 unspecified atom stereocenters. The fourth-order valence-electron chi connectivity index (χ4n) is 1.76. The van der Waals surface area contributed by atoms with Crippen molar-refractivity contribution in [3.63, 3.8) is 0 Å². The number of phenolic OH excluding ortho intramolecular Hbond substituents is 1. The lowest BCUT2D eigenvalue weighted by Crippen LogP contribution is -2.14. The van der Waals surface area contributed by atoms with Gasteiger partial charge in [-0.05, 0) is 48.0 Å². The van der Waals surface area contributed by atoms with Crippen LogP contribution in [0.25, 0.3) is 6.08 Å². The maximum atomic E-state index is 12.3. The number of phenols is 1. The lowest BCUT2D eigenvalue weighted by molar-refractivity contribution is 0.415. The number of hydrogen-bond acceptors (Lipinski definition) is 5. The Hall–Kier alpha value is -2.98. The number of nitrogens with one attached hydrogen (secondary N) is 1. The Balaban J connectivity index is 2.28. The first kappa shape index (κ1) is 16.4. The summed E-state index contributed by atoms with van der Waals surface area (Å²) in [6.45, 7) is 0. The van der Waals surface area contributed by atoms with Crippen LogP contribution in [0, 0.1) is 11.3 Å². The Labute approximate surface area is 134 Å². The number of nitrogens with zero attached hydrogens (tertiary/aromatic N) is 1. The first-order valence-corrected chi connectivity index (χ1v) is 8.00. The quantitative estimate of drug-likeness (QED) is 0.821. The standard InChI is InChI=1S/C16H14N2O4S/c1-22-15-8-4-13(5-9-15)18-23(20,21)16(11-17)10-12-2-6-14(19)7-3-12/h2-10,18-19H,1H3/b16-10+. The second kappa shape index (κ2) is 6.85. The summed E-state index contributed by atoms with van der Waals surface area (Å²) in [6.07, 6.45) is 1.23. The van der Waals surface area contributed by atoms with Crippen molar-refractivity contribution in [2.24, 2.45) is 0 Å². The molecule has 2 rings (SSSR count). The van der Waals surface area contributed by atoms with Gasteiger partial charge in [0.15, 0.2) is 4.91 Å². The summed E-state index contributed by atoms with van der Waals surface area (Å²) in [6, 6.07) is 13.8. The minimum absolute atomic E-state index is 0.0554. The molecular weight excluding hydrogens is 316 g/mol. The summed E-state index contributed by atoms with van der Waals surface area (Å²) < 4.78 is 31.9. The number of aromatic hydroxyl groups is 1. The molecule has 0 spiro atoms. The number of benzene rings is 2. The van der Waals surface area contributed by atoms with Crippen molar-refractivity contribution in [3.8, 4) is 17.6 Å². The van der Waals surface area contributed by atoms with E-state index in [0.29, 0.717) is 17.0 Å². The van der Waals surface area contributed by atoms with Gasteiger partial charge in [0.25, 0.3) is 10.0 Å². The average Bonchev–Trinajstić information content (AvgIpc) is 2.54. The van der Waals surface area contributed by atoms with Crippen molar-refractivity contribution >= 4 is 21.8 Å². The van der Waals surface area contributed by atoms with Crippen LogP contribution in [0.15, 0.2) is 53.4 Å². The van der Waals surface area contributed by atoms with E-state index in [-0.39, 0.29) is 5.75 Å². The number of allylic oxidation sites excluding steroid dienone is 1. The third kappa shape index (κ3) is 4.25. The first-order chi connectivity index (χ1) is 10.9. The normalized spacial score (nSPS) is 11.6.